The average molecular weight is 361 g/mol. The van der Waals surface area contributed by atoms with Gasteiger partial charge in [-0.05, 0) is 35.9 Å². The van der Waals surface area contributed by atoms with E-state index in [1.807, 2.05) is 30.3 Å². The maximum absolute atomic E-state index is 12.1. The Kier molecular flexibility index (Phi) is 4.78. The first-order valence-electron chi connectivity index (χ1n) is 7.06. The zero-order chi connectivity index (χ0) is 17.0. The van der Waals surface area contributed by atoms with Gasteiger partial charge in [0.05, 0.1) is 0 Å². The molecule has 0 unspecified atom stereocenters. The van der Waals surface area contributed by atoms with Crippen molar-refractivity contribution in [1.29, 1.82) is 0 Å². The Bertz CT molecular complexity index is 949. The summed E-state index contributed by atoms with van der Waals surface area (Å²) in [6.45, 7) is 0. The molecule has 1 heterocycles. The normalized spacial score (nSPS) is 11.9. The van der Waals surface area contributed by atoms with Crippen LogP contribution in [0, 0.1) is 0 Å². The molecule has 0 aliphatic carbocycles. The number of aromatic nitrogens is 2. The van der Waals surface area contributed by atoms with Crippen LogP contribution in [0.2, 0.25) is 5.02 Å². The topological polar surface area (TPSA) is 73.1 Å². The highest BCUT2D eigenvalue weighted by atomic mass is 35.5. The van der Waals surface area contributed by atoms with Crippen molar-refractivity contribution in [3.63, 3.8) is 0 Å². The number of benzene rings is 2. The van der Waals surface area contributed by atoms with Gasteiger partial charge in [0, 0.05) is 16.0 Å². The molecule has 0 amide bonds. The lowest BCUT2D eigenvalue weighted by atomic mass is 10.2. The molecule has 2 aromatic carbocycles. The zero-order valence-corrected chi connectivity index (χ0v) is 14.0. The van der Waals surface area contributed by atoms with Crippen LogP contribution in [0.3, 0.4) is 0 Å². The average Bonchev–Trinajstić information content (AvgIpc) is 3.02. The monoisotopic (exact) mass is 360 g/mol. The first-order valence-corrected chi connectivity index (χ1v) is 9.15. The van der Waals surface area contributed by atoms with Gasteiger partial charge in [-0.3, -0.25) is 0 Å². The second-order valence-corrected chi connectivity index (χ2v) is 7.35. The number of halogens is 1. The molecule has 0 aliphatic heterocycles. The minimum absolute atomic E-state index is 0.0395. The molecule has 0 bridgehead atoms. The molecule has 0 saturated carbocycles. The smallest absolute Gasteiger partial charge is 0.247 e. The Balaban J connectivity index is 1.74. The van der Waals surface area contributed by atoms with Crippen LogP contribution in [0.1, 0.15) is 11.5 Å². The predicted molar refractivity (Wildman–Crippen MR) is 92.8 cm³/mol. The lowest BCUT2D eigenvalue weighted by Crippen LogP contribution is -2.00. The van der Waals surface area contributed by atoms with Crippen molar-refractivity contribution >= 4 is 27.5 Å². The largest absolute Gasteiger partial charge is 0.420 e. The summed E-state index contributed by atoms with van der Waals surface area (Å²) >= 11 is 5.82. The van der Waals surface area contributed by atoms with Gasteiger partial charge in [-0.2, -0.15) is 0 Å². The molecule has 0 N–H and O–H groups in total. The van der Waals surface area contributed by atoms with Crippen molar-refractivity contribution < 1.29 is 12.8 Å². The SMILES string of the molecule is O=S(=O)(/C=C\c1ccccc1)Cc1nnc(-c2ccc(Cl)cc2)o1. The second-order valence-electron chi connectivity index (χ2n) is 5.03. The zero-order valence-electron chi connectivity index (χ0n) is 12.5. The van der Waals surface area contributed by atoms with E-state index in [4.69, 9.17) is 16.0 Å². The number of hydrogen-bond donors (Lipinski definition) is 0. The minimum Gasteiger partial charge on any atom is -0.420 e. The van der Waals surface area contributed by atoms with Crippen molar-refractivity contribution in [3.8, 4) is 11.5 Å². The Morgan fingerprint density at radius 2 is 1.71 bits per heavy atom. The fourth-order valence-corrected chi connectivity index (χ4v) is 3.04. The molecule has 3 aromatic rings. The first kappa shape index (κ1) is 16.4. The molecule has 0 saturated heterocycles. The molecular formula is C17H13ClN2O3S. The van der Waals surface area contributed by atoms with Crippen LogP contribution < -0.4 is 0 Å². The molecule has 5 nitrogen and oxygen atoms in total. The fourth-order valence-electron chi connectivity index (χ4n) is 1.99. The fraction of sp³-hybridized carbons (Fsp3) is 0.0588. The summed E-state index contributed by atoms with van der Waals surface area (Å²) in [4.78, 5) is 0. The summed E-state index contributed by atoms with van der Waals surface area (Å²) in [5.74, 6) is -0.0572. The van der Waals surface area contributed by atoms with E-state index in [0.29, 0.717) is 10.6 Å². The van der Waals surface area contributed by atoms with Crippen LogP contribution in [-0.4, -0.2) is 18.6 Å². The third-order valence-corrected chi connectivity index (χ3v) is 4.60. The van der Waals surface area contributed by atoms with Gasteiger partial charge in [0.15, 0.2) is 9.84 Å². The Morgan fingerprint density at radius 1 is 1.00 bits per heavy atom. The molecule has 0 radical (unpaired) electrons. The van der Waals surface area contributed by atoms with E-state index in [-0.39, 0.29) is 17.5 Å². The maximum atomic E-state index is 12.1. The van der Waals surface area contributed by atoms with Gasteiger partial charge in [-0.25, -0.2) is 8.42 Å². The Morgan fingerprint density at radius 3 is 2.42 bits per heavy atom. The standard InChI is InChI=1S/C17H13ClN2O3S/c18-15-8-6-14(7-9-15)17-20-19-16(23-17)12-24(21,22)11-10-13-4-2-1-3-5-13/h1-11H,12H2/b11-10-. The van der Waals surface area contributed by atoms with E-state index in [1.165, 1.54) is 6.08 Å². The van der Waals surface area contributed by atoms with Crippen LogP contribution in [0.25, 0.3) is 17.5 Å². The van der Waals surface area contributed by atoms with Crippen LogP contribution in [-0.2, 0) is 15.6 Å². The first-order chi connectivity index (χ1) is 11.5. The third-order valence-electron chi connectivity index (χ3n) is 3.15. The van der Waals surface area contributed by atoms with Crippen LogP contribution in [0.4, 0.5) is 0 Å². The molecule has 0 spiro atoms. The summed E-state index contributed by atoms with van der Waals surface area (Å²) in [5.41, 5.74) is 1.48. The van der Waals surface area contributed by atoms with E-state index < -0.39 is 9.84 Å². The van der Waals surface area contributed by atoms with E-state index >= 15 is 0 Å². The van der Waals surface area contributed by atoms with Gasteiger partial charge in [0.2, 0.25) is 11.8 Å². The van der Waals surface area contributed by atoms with Crippen molar-refractivity contribution in [2.45, 2.75) is 5.75 Å². The molecule has 7 heteroatoms. The van der Waals surface area contributed by atoms with E-state index in [1.54, 1.807) is 24.3 Å². The molecule has 24 heavy (non-hydrogen) atoms. The highest BCUT2D eigenvalue weighted by Crippen LogP contribution is 2.21. The van der Waals surface area contributed by atoms with Crippen molar-refractivity contribution in [2.75, 3.05) is 0 Å². The number of sulfone groups is 1. The minimum atomic E-state index is -3.51. The summed E-state index contributed by atoms with van der Waals surface area (Å²) in [6, 6.07) is 16.0. The highest BCUT2D eigenvalue weighted by Gasteiger charge is 2.15. The Hall–Kier alpha value is -2.44. The van der Waals surface area contributed by atoms with E-state index in [9.17, 15) is 8.42 Å². The third kappa shape index (κ3) is 4.31. The molecule has 0 atom stereocenters. The van der Waals surface area contributed by atoms with Crippen molar-refractivity contribution in [2.24, 2.45) is 0 Å². The molecule has 1 aromatic heterocycles. The molecule has 0 aliphatic rings. The van der Waals surface area contributed by atoms with Crippen LogP contribution in [0.5, 0.6) is 0 Å². The highest BCUT2D eigenvalue weighted by molar-refractivity contribution is 7.93. The van der Waals surface area contributed by atoms with Gasteiger partial charge in [0.25, 0.3) is 0 Å². The lowest BCUT2D eigenvalue weighted by Gasteiger charge is -1.96. The van der Waals surface area contributed by atoms with Gasteiger partial charge < -0.3 is 4.42 Å². The lowest BCUT2D eigenvalue weighted by molar-refractivity contribution is 0.520. The number of rotatable bonds is 5. The summed E-state index contributed by atoms with van der Waals surface area (Å²) < 4.78 is 29.7. The summed E-state index contributed by atoms with van der Waals surface area (Å²) in [6.07, 6.45) is 1.53. The van der Waals surface area contributed by atoms with Crippen LogP contribution >= 0.6 is 11.6 Å². The Labute approximate surface area is 144 Å². The van der Waals surface area contributed by atoms with E-state index in [0.717, 1.165) is 11.0 Å². The summed E-state index contributed by atoms with van der Waals surface area (Å²) in [5, 5.41) is 9.40. The maximum Gasteiger partial charge on any atom is 0.247 e. The quantitative estimate of drug-likeness (QED) is 0.688. The van der Waals surface area contributed by atoms with Crippen molar-refractivity contribution in [1.82, 2.24) is 10.2 Å². The van der Waals surface area contributed by atoms with Crippen molar-refractivity contribution in [3.05, 3.63) is 76.5 Å². The molecule has 0 fully saturated rings. The second kappa shape index (κ2) is 6.98. The van der Waals surface area contributed by atoms with E-state index in [2.05, 4.69) is 10.2 Å². The van der Waals surface area contributed by atoms with Gasteiger partial charge in [0.1, 0.15) is 5.75 Å². The number of nitrogens with zero attached hydrogens (tertiary/aromatic N) is 2. The molecule has 122 valence electrons. The van der Waals surface area contributed by atoms with Crippen LogP contribution in [0.15, 0.2) is 64.4 Å². The van der Waals surface area contributed by atoms with Gasteiger partial charge >= 0.3 is 0 Å². The summed E-state index contributed by atoms with van der Waals surface area (Å²) in [7, 11) is -3.51. The van der Waals surface area contributed by atoms with Gasteiger partial charge in [-0.15, -0.1) is 10.2 Å². The molecular weight excluding hydrogens is 348 g/mol. The number of hydrogen-bond acceptors (Lipinski definition) is 5. The molecule has 3 rings (SSSR count). The predicted octanol–water partition coefficient (Wildman–Crippen LogP) is 3.98. The van der Waals surface area contributed by atoms with Gasteiger partial charge in [-0.1, -0.05) is 41.9 Å².